The molecule has 0 aliphatic carbocycles. The van der Waals surface area contributed by atoms with Crippen molar-refractivity contribution in [3.8, 4) is 5.75 Å². The summed E-state index contributed by atoms with van der Waals surface area (Å²) < 4.78 is 5.11. The smallest absolute Gasteiger partial charge is 0.270 e. The second-order valence-corrected chi connectivity index (χ2v) is 4.54. The van der Waals surface area contributed by atoms with E-state index in [0.29, 0.717) is 23.9 Å². The lowest BCUT2D eigenvalue weighted by molar-refractivity contribution is 0.0952. The fourth-order valence-electron chi connectivity index (χ4n) is 1.83. The molecule has 2 rings (SSSR count). The third-order valence-electron chi connectivity index (χ3n) is 2.84. The first-order valence-electron chi connectivity index (χ1n) is 6.78. The normalized spacial score (nSPS) is 9.91. The Morgan fingerprint density at radius 2 is 2.05 bits per heavy atom. The summed E-state index contributed by atoms with van der Waals surface area (Å²) in [5, 5.41) is 5.83. The van der Waals surface area contributed by atoms with Crippen LogP contribution in [0.5, 0.6) is 5.75 Å². The predicted octanol–water partition coefficient (Wildman–Crippen LogP) is 2.45. The van der Waals surface area contributed by atoms with E-state index in [2.05, 4.69) is 27.2 Å². The predicted molar refractivity (Wildman–Crippen MR) is 85.6 cm³/mol. The van der Waals surface area contributed by atoms with Crippen molar-refractivity contribution in [3.05, 3.63) is 54.5 Å². The molecule has 0 fully saturated rings. The molecule has 114 valence electrons. The van der Waals surface area contributed by atoms with E-state index >= 15 is 0 Å². The number of aryl methyl sites for hydroxylation is 1. The van der Waals surface area contributed by atoms with Gasteiger partial charge in [0.1, 0.15) is 23.1 Å². The molecule has 1 aromatic carbocycles. The maximum absolute atomic E-state index is 12.0. The van der Waals surface area contributed by atoms with Crippen molar-refractivity contribution in [1.29, 1.82) is 0 Å². The zero-order chi connectivity index (χ0) is 15.9. The minimum absolute atomic E-state index is 0.261. The van der Waals surface area contributed by atoms with Crippen LogP contribution in [-0.4, -0.2) is 29.5 Å². The average Bonchev–Trinajstić information content (AvgIpc) is 2.52. The number of nitrogens with zero attached hydrogens (tertiary/aromatic N) is 2. The first-order valence-corrected chi connectivity index (χ1v) is 6.78. The van der Waals surface area contributed by atoms with Gasteiger partial charge in [0, 0.05) is 18.3 Å². The highest BCUT2D eigenvalue weighted by Gasteiger charge is 2.09. The second-order valence-electron chi connectivity index (χ2n) is 4.54. The molecular formula is C16H18N4O2. The van der Waals surface area contributed by atoms with Gasteiger partial charge in [-0.3, -0.25) is 4.79 Å². The molecule has 22 heavy (non-hydrogen) atoms. The molecule has 2 aromatic rings. The van der Waals surface area contributed by atoms with E-state index in [4.69, 9.17) is 4.74 Å². The van der Waals surface area contributed by atoms with Crippen LogP contribution < -0.4 is 15.4 Å². The number of benzene rings is 1. The van der Waals surface area contributed by atoms with Crippen molar-refractivity contribution >= 4 is 17.4 Å². The first-order chi connectivity index (χ1) is 10.6. The van der Waals surface area contributed by atoms with Gasteiger partial charge < -0.3 is 15.4 Å². The molecule has 1 heterocycles. The lowest BCUT2D eigenvalue weighted by atomic mass is 10.3. The van der Waals surface area contributed by atoms with Crippen molar-refractivity contribution < 1.29 is 9.53 Å². The Kier molecular flexibility index (Phi) is 5.08. The third kappa shape index (κ3) is 4.05. The molecular weight excluding hydrogens is 280 g/mol. The number of carbonyl (C=O) groups excluding carboxylic acids is 1. The summed E-state index contributed by atoms with van der Waals surface area (Å²) in [6, 6.07) is 9.03. The van der Waals surface area contributed by atoms with Gasteiger partial charge in [-0.15, -0.1) is 6.58 Å². The van der Waals surface area contributed by atoms with E-state index in [0.717, 1.165) is 11.4 Å². The summed E-state index contributed by atoms with van der Waals surface area (Å²) in [7, 11) is 1.62. The largest absolute Gasteiger partial charge is 0.497 e. The maximum Gasteiger partial charge on any atom is 0.270 e. The molecule has 0 aliphatic heterocycles. The van der Waals surface area contributed by atoms with Crippen molar-refractivity contribution in [3.63, 3.8) is 0 Å². The molecule has 1 amide bonds. The van der Waals surface area contributed by atoms with Gasteiger partial charge in [-0.05, 0) is 31.2 Å². The van der Waals surface area contributed by atoms with Gasteiger partial charge in [0.25, 0.3) is 5.91 Å². The standard InChI is InChI=1S/C16H18N4O2/c1-4-9-17-16(21)14-10-15(19-11(2)18-14)20-12-5-7-13(22-3)8-6-12/h4-8,10H,1,9H2,2-3H3,(H,17,21)(H,18,19,20). The SMILES string of the molecule is C=CCNC(=O)c1cc(Nc2ccc(OC)cc2)nc(C)n1. The van der Waals surface area contributed by atoms with E-state index in [9.17, 15) is 4.79 Å². The molecule has 0 radical (unpaired) electrons. The number of carbonyl (C=O) groups is 1. The number of ether oxygens (including phenoxy) is 1. The fourth-order valence-corrected chi connectivity index (χ4v) is 1.83. The average molecular weight is 298 g/mol. The van der Waals surface area contributed by atoms with Crippen LogP contribution >= 0.6 is 0 Å². The van der Waals surface area contributed by atoms with Crippen molar-refractivity contribution in [2.45, 2.75) is 6.92 Å². The molecule has 0 saturated heterocycles. The highest BCUT2D eigenvalue weighted by molar-refractivity contribution is 5.93. The third-order valence-corrected chi connectivity index (χ3v) is 2.84. The number of hydrogen-bond donors (Lipinski definition) is 2. The van der Waals surface area contributed by atoms with E-state index < -0.39 is 0 Å². The lowest BCUT2D eigenvalue weighted by Crippen LogP contribution is -2.24. The number of nitrogens with one attached hydrogen (secondary N) is 2. The van der Waals surface area contributed by atoms with Crippen LogP contribution in [0.4, 0.5) is 11.5 Å². The number of methoxy groups -OCH3 is 1. The van der Waals surface area contributed by atoms with Crippen LogP contribution in [0.15, 0.2) is 43.0 Å². The number of anilines is 2. The Balaban J connectivity index is 2.18. The second kappa shape index (κ2) is 7.21. The van der Waals surface area contributed by atoms with Gasteiger partial charge in [0.05, 0.1) is 7.11 Å². The Hall–Kier alpha value is -2.89. The summed E-state index contributed by atoms with van der Waals surface area (Å²) in [6.45, 7) is 5.69. The summed E-state index contributed by atoms with van der Waals surface area (Å²) in [4.78, 5) is 20.4. The molecule has 6 heteroatoms. The van der Waals surface area contributed by atoms with E-state index in [1.807, 2.05) is 24.3 Å². The highest BCUT2D eigenvalue weighted by atomic mass is 16.5. The number of rotatable bonds is 6. The van der Waals surface area contributed by atoms with E-state index in [-0.39, 0.29) is 5.91 Å². The van der Waals surface area contributed by atoms with Gasteiger partial charge >= 0.3 is 0 Å². The molecule has 0 bridgehead atoms. The molecule has 0 atom stereocenters. The van der Waals surface area contributed by atoms with Crippen LogP contribution in [-0.2, 0) is 0 Å². The molecule has 0 unspecified atom stereocenters. The lowest BCUT2D eigenvalue weighted by Gasteiger charge is -2.09. The van der Waals surface area contributed by atoms with Crippen LogP contribution in [0.25, 0.3) is 0 Å². The van der Waals surface area contributed by atoms with Crippen LogP contribution in [0.1, 0.15) is 16.3 Å². The minimum Gasteiger partial charge on any atom is -0.497 e. The highest BCUT2D eigenvalue weighted by Crippen LogP contribution is 2.19. The molecule has 0 spiro atoms. The molecule has 2 N–H and O–H groups in total. The summed E-state index contributed by atoms with van der Waals surface area (Å²) in [5.41, 5.74) is 1.15. The first kappa shape index (κ1) is 15.5. The van der Waals surface area contributed by atoms with Crippen molar-refractivity contribution in [1.82, 2.24) is 15.3 Å². The Labute approximate surface area is 129 Å². The van der Waals surface area contributed by atoms with Crippen LogP contribution in [0, 0.1) is 6.92 Å². The number of amides is 1. The fraction of sp³-hybridized carbons (Fsp3) is 0.188. The van der Waals surface area contributed by atoms with E-state index in [1.54, 1.807) is 26.2 Å². The summed E-state index contributed by atoms with van der Waals surface area (Å²) in [6.07, 6.45) is 1.61. The van der Waals surface area contributed by atoms with Gasteiger partial charge in [-0.25, -0.2) is 9.97 Å². The van der Waals surface area contributed by atoms with Gasteiger partial charge in [-0.1, -0.05) is 6.08 Å². The monoisotopic (exact) mass is 298 g/mol. The number of aromatic nitrogens is 2. The maximum atomic E-state index is 12.0. The van der Waals surface area contributed by atoms with Crippen molar-refractivity contribution in [2.24, 2.45) is 0 Å². The zero-order valence-corrected chi connectivity index (χ0v) is 12.6. The molecule has 6 nitrogen and oxygen atoms in total. The van der Waals surface area contributed by atoms with Gasteiger partial charge in [-0.2, -0.15) is 0 Å². The van der Waals surface area contributed by atoms with E-state index in [1.165, 1.54) is 0 Å². The summed E-state index contributed by atoms with van der Waals surface area (Å²) in [5.74, 6) is 1.58. The molecule has 0 aliphatic rings. The van der Waals surface area contributed by atoms with Gasteiger partial charge in [0.15, 0.2) is 0 Å². The molecule has 1 aromatic heterocycles. The summed E-state index contributed by atoms with van der Waals surface area (Å²) >= 11 is 0. The zero-order valence-electron chi connectivity index (χ0n) is 12.6. The Morgan fingerprint density at radius 3 is 2.68 bits per heavy atom. The number of hydrogen-bond acceptors (Lipinski definition) is 5. The quantitative estimate of drug-likeness (QED) is 0.801. The van der Waals surface area contributed by atoms with Gasteiger partial charge in [0.2, 0.25) is 0 Å². The minimum atomic E-state index is -0.261. The molecule has 0 saturated carbocycles. The van der Waals surface area contributed by atoms with Crippen LogP contribution in [0.3, 0.4) is 0 Å². The Morgan fingerprint density at radius 1 is 1.32 bits per heavy atom. The van der Waals surface area contributed by atoms with Crippen molar-refractivity contribution in [2.75, 3.05) is 19.0 Å². The topological polar surface area (TPSA) is 76.1 Å². The van der Waals surface area contributed by atoms with Crippen LogP contribution in [0.2, 0.25) is 0 Å². The Bertz CT molecular complexity index is 668.